The van der Waals surface area contributed by atoms with Crippen LogP contribution in [0, 0.1) is 0 Å². The molecule has 29 heavy (non-hydrogen) atoms. The van der Waals surface area contributed by atoms with Gasteiger partial charge in [0.15, 0.2) is 0 Å². The van der Waals surface area contributed by atoms with Crippen LogP contribution in [0.25, 0.3) is 22.2 Å². The molecule has 0 saturated carbocycles. The summed E-state index contributed by atoms with van der Waals surface area (Å²) < 4.78 is 0. The van der Waals surface area contributed by atoms with Gasteiger partial charge in [-0.05, 0) is 35.7 Å². The molecule has 4 atom stereocenters. The van der Waals surface area contributed by atoms with Crippen LogP contribution >= 0.6 is 0 Å². The highest BCUT2D eigenvalue weighted by atomic mass is 16.4. The van der Waals surface area contributed by atoms with Crippen molar-refractivity contribution in [1.29, 1.82) is 0 Å². The van der Waals surface area contributed by atoms with Crippen LogP contribution in [0.4, 0.5) is 5.69 Å². The topological polar surface area (TPSA) is 156 Å². The minimum atomic E-state index is -1.72. The third-order valence-corrected chi connectivity index (χ3v) is 4.57. The zero-order valence-electron chi connectivity index (χ0n) is 15.3. The average Bonchev–Trinajstić information content (AvgIpc) is 2.75. The first-order chi connectivity index (χ1) is 13.9. The molecule has 2 heterocycles. The summed E-state index contributed by atoms with van der Waals surface area (Å²) in [6, 6.07) is 10.7. The number of fused-ring (bicyclic) bond motifs is 1. The number of aliphatic hydroxyl groups excluding tert-OH is 4. The third-order valence-electron chi connectivity index (χ3n) is 4.57. The molecule has 0 bridgehead atoms. The van der Waals surface area contributed by atoms with Crippen LogP contribution in [0.3, 0.4) is 0 Å². The van der Waals surface area contributed by atoms with Crippen LogP contribution in [0.1, 0.15) is 0 Å². The van der Waals surface area contributed by atoms with Gasteiger partial charge in [-0.2, -0.15) is 0 Å². The van der Waals surface area contributed by atoms with Gasteiger partial charge in [-0.15, -0.1) is 0 Å². The van der Waals surface area contributed by atoms with Crippen molar-refractivity contribution in [3.8, 4) is 11.3 Å². The fourth-order valence-corrected chi connectivity index (χ4v) is 2.94. The van der Waals surface area contributed by atoms with Gasteiger partial charge in [0.05, 0.1) is 23.4 Å². The fraction of sp³-hybridized carbons (Fsp3) is 0.250. The molecular weight excluding hydrogens is 378 g/mol. The van der Waals surface area contributed by atoms with E-state index in [2.05, 4.69) is 15.3 Å². The van der Waals surface area contributed by atoms with E-state index >= 15 is 0 Å². The van der Waals surface area contributed by atoms with E-state index in [1.807, 2.05) is 0 Å². The summed E-state index contributed by atoms with van der Waals surface area (Å²) in [6.45, 7) is -0.764. The van der Waals surface area contributed by atoms with Crippen LogP contribution < -0.4 is 10.9 Å². The van der Waals surface area contributed by atoms with Crippen molar-refractivity contribution in [2.45, 2.75) is 24.4 Å². The smallest absolute Gasteiger partial charge is 0.257 e. The number of benzene rings is 1. The number of carbonyl (C=O) groups excluding carboxylic acids is 1. The first-order valence-corrected chi connectivity index (χ1v) is 8.90. The van der Waals surface area contributed by atoms with E-state index in [1.54, 1.807) is 48.7 Å². The molecule has 6 N–H and O–H groups in total. The van der Waals surface area contributed by atoms with Crippen LogP contribution in [0.5, 0.6) is 0 Å². The van der Waals surface area contributed by atoms with Crippen molar-refractivity contribution in [1.82, 2.24) is 9.97 Å². The molecule has 2 aromatic heterocycles. The number of nitrogens with one attached hydrogen (secondary N) is 2. The summed E-state index contributed by atoms with van der Waals surface area (Å²) in [5, 5.41) is 41.7. The fourth-order valence-electron chi connectivity index (χ4n) is 2.94. The second-order valence-electron chi connectivity index (χ2n) is 6.57. The van der Waals surface area contributed by atoms with Crippen LogP contribution in [0.15, 0.2) is 53.5 Å². The number of nitrogens with zero attached hydrogens (tertiary/aromatic N) is 1. The van der Waals surface area contributed by atoms with Gasteiger partial charge in [-0.25, -0.2) is 0 Å². The van der Waals surface area contributed by atoms with Crippen molar-refractivity contribution < 1.29 is 25.2 Å². The van der Waals surface area contributed by atoms with Gasteiger partial charge in [-0.3, -0.25) is 9.78 Å². The van der Waals surface area contributed by atoms with E-state index in [1.165, 1.54) is 0 Å². The Balaban J connectivity index is 1.88. The standard InChI is InChI=1S/C20H21N3O6/c24-9-16(18(27)19(28)17(26)10-25)22-12-5-4-11-7-13(14-3-1-2-6-21-14)20(29)23-15(11)8-12/h1-9,16-19,22,25-28H,10H2,(H,23,29)/t16-,17+,18+,19+/m0/s1. The Morgan fingerprint density at radius 2 is 1.90 bits per heavy atom. The Kier molecular flexibility index (Phi) is 6.35. The van der Waals surface area contributed by atoms with E-state index in [0.717, 1.165) is 5.39 Å². The minimum absolute atomic E-state index is 0.332. The Hall–Kier alpha value is -3.11. The van der Waals surface area contributed by atoms with Gasteiger partial charge in [0.2, 0.25) is 0 Å². The number of aromatic amines is 1. The number of hydrogen-bond donors (Lipinski definition) is 6. The lowest BCUT2D eigenvalue weighted by Gasteiger charge is -2.26. The second kappa shape index (κ2) is 8.93. The molecule has 0 radical (unpaired) electrons. The quantitative estimate of drug-likeness (QED) is 0.281. The van der Waals surface area contributed by atoms with Crippen LogP contribution in [-0.4, -0.2) is 67.6 Å². The SMILES string of the molecule is O=C[C@H](Nc1ccc2cc(-c3ccccn3)c(=O)[nH]c2c1)[C@@H](O)[C@H](O)[C@H](O)CO. The molecule has 1 aromatic carbocycles. The average molecular weight is 399 g/mol. The van der Waals surface area contributed by atoms with E-state index in [4.69, 9.17) is 5.11 Å². The number of pyridine rings is 2. The summed E-state index contributed by atoms with van der Waals surface area (Å²) in [4.78, 5) is 30.7. The minimum Gasteiger partial charge on any atom is -0.394 e. The third kappa shape index (κ3) is 4.49. The Morgan fingerprint density at radius 1 is 1.10 bits per heavy atom. The van der Waals surface area contributed by atoms with Crippen molar-refractivity contribution in [2.75, 3.05) is 11.9 Å². The van der Waals surface area contributed by atoms with E-state index < -0.39 is 31.0 Å². The monoisotopic (exact) mass is 399 g/mol. The van der Waals surface area contributed by atoms with Gasteiger partial charge in [0.1, 0.15) is 30.6 Å². The molecule has 0 aliphatic heterocycles. The maximum Gasteiger partial charge on any atom is 0.257 e. The Labute approximate surface area is 165 Å². The molecule has 0 saturated heterocycles. The predicted octanol–water partition coefficient (Wildman–Crippen LogP) is -0.356. The number of hydrogen-bond acceptors (Lipinski definition) is 8. The zero-order valence-corrected chi connectivity index (χ0v) is 15.3. The highest BCUT2D eigenvalue weighted by Crippen LogP contribution is 2.21. The van der Waals surface area contributed by atoms with Crippen LogP contribution in [-0.2, 0) is 4.79 Å². The van der Waals surface area contributed by atoms with Crippen molar-refractivity contribution in [3.63, 3.8) is 0 Å². The molecule has 3 rings (SSSR count). The summed E-state index contributed by atoms with van der Waals surface area (Å²) >= 11 is 0. The molecule has 0 unspecified atom stereocenters. The predicted molar refractivity (Wildman–Crippen MR) is 106 cm³/mol. The van der Waals surface area contributed by atoms with Gasteiger partial charge in [-0.1, -0.05) is 12.1 Å². The number of anilines is 1. The molecular formula is C20H21N3O6. The lowest BCUT2D eigenvalue weighted by atomic mass is 10.0. The number of rotatable bonds is 8. The molecule has 0 fully saturated rings. The maximum absolute atomic E-state index is 12.4. The van der Waals surface area contributed by atoms with Crippen LogP contribution in [0.2, 0.25) is 0 Å². The molecule has 9 nitrogen and oxygen atoms in total. The highest BCUT2D eigenvalue weighted by molar-refractivity contribution is 5.86. The Morgan fingerprint density at radius 3 is 2.55 bits per heavy atom. The maximum atomic E-state index is 12.4. The van der Waals surface area contributed by atoms with Crippen molar-refractivity contribution >= 4 is 22.9 Å². The molecule has 0 spiro atoms. The number of aromatic nitrogens is 2. The van der Waals surface area contributed by atoms with Gasteiger partial charge < -0.3 is 35.5 Å². The number of aliphatic hydroxyl groups is 4. The summed E-state index contributed by atoms with van der Waals surface area (Å²) in [5.41, 5.74) is 1.52. The first kappa shape index (κ1) is 20.6. The second-order valence-corrected chi connectivity index (χ2v) is 6.57. The van der Waals surface area contributed by atoms with Crippen molar-refractivity contribution in [2.24, 2.45) is 0 Å². The molecule has 0 amide bonds. The lowest BCUT2D eigenvalue weighted by molar-refractivity contribution is -0.117. The molecule has 152 valence electrons. The van der Waals surface area contributed by atoms with E-state index in [-0.39, 0.29) is 5.56 Å². The van der Waals surface area contributed by atoms with E-state index in [9.17, 15) is 24.9 Å². The zero-order chi connectivity index (χ0) is 21.0. The first-order valence-electron chi connectivity index (χ1n) is 8.90. The Bertz CT molecular complexity index is 1040. The normalized spacial score (nSPS) is 15.4. The largest absolute Gasteiger partial charge is 0.394 e. The van der Waals surface area contributed by atoms with Gasteiger partial charge >= 0.3 is 0 Å². The molecule has 9 heteroatoms. The van der Waals surface area contributed by atoms with E-state index in [0.29, 0.717) is 28.7 Å². The summed E-state index contributed by atoms with van der Waals surface area (Å²) in [7, 11) is 0. The number of carbonyl (C=O) groups is 1. The number of H-pyrrole nitrogens is 1. The number of aldehydes is 1. The van der Waals surface area contributed by atoms with Crippen molar-refractivity contribution in [3.05, 3.63) is 59.0 Å². The lowest BCUT2D eigenvalue weighted by Crippen LogP contribution is -2.49. The molecule has 3 aromatic rings. The molecule has 0 aliphatic carbocycles. The summed E-state index contributed by atoms with van der Waals surface area (Å²) in [6.07, 6.45) is -2.99. The highest BCUT2D eigenvalue weighted by Gasteiger charge is 2.31. The molecule has 0 aliphatic rings. The summed E-state index contributed by atoms with van der Waals surface area (Å²) in [5.74, 6) is 0. The van der Waals surface area contributed by atoms with Gasteiger partial charge in [0, 0.05) is 11.9 Å². The van der Waals surface area contributed by atoms with Gasteiger partial charge in [0.25, 0.3) is 5.56 Å².